The van der Waals surface area contributed by atoms with E-state index in [-0.39, 0.29) is 11.8 Å². The van der Waals surface area contributed by atoms with E-state index in [4.69, 9.17) is 4.42 Å². The molecular formula is C18H29N3O3. The van der Waals surface area contributed by atoms with Crippen molar-refractivity contribution in [3.8, 4) is 0 Å². The van der Waals surface area contributed by atoms with Crippen LogP contribution in [-0.2, 0) is 11.3 Å². The molecule has 6 nitrogen and oxygen atoms in total. The van der Waals surface area contributed by atoms with Crippen molar-refractivity contribution in [1.82, 2.24) is 14.7 Å². The van der Waals surface area contributed by atoms with Crippen molar-refractivity contribution in [1.29, 1.82) is 0 Å². The number of furan rings is 1. The molecule has 2 aliphatic heterocycles. The van der Waals surface area contributed by atoms with Crippen molar-refractivity contribution in [3.63, 3.8) is 0 Å². The van der Waals surface area contributed by atoms with E-state index in [1.165, 1.54) is 0 Å². The van der Waals surface area contributed by atoms with Gasteiger partial charge in [-0.05, 0) is 58.6 Å². The Kier molecular flexibility index (Phi) is 5.27. The minimum Gasteiger partial charge on any atom is -0.468 e. The molecule has 2 fully saturated rings. The van der Waals surface area contributed by atoms with E-state index in [1.807, 2.05) is 36.0 Å². The number of amides is 1. The highest BCUT2D eigenvalue weighted by molar-refractivity contribution is 5.79. The zero-order chi connectivity index (χ0) is 17.2. The van der Waals surface area contributed by atoms with E-state index in [1.54, 1.807) is 6.26 Å². The Morgan fingerprint density at radius 3 is 2.75 bits per heavy atom. The maximum atomic E-state index is 12.8. The van der Waals surface area contributed by atoms with Gasteiger partial charge in [0.05, 0.1) is 25.0 Å². The van der Waals surface area contributed by atoms with E-state index in [9.17, 15) is 9.90 Å². The van der Waals surface area contributed by atoms with Crippen molar-refractivity contribution in [2.45, 2.75) is 31.4 Å². The number of hydrogen-bond acceptors (Lipinski definition) is 5. The number of nitrogens with zero attached hydrogens (tertiary/aromatic N) is 3. The van der Waals surface area contributed by atoms with Crippen molar-refractivity contribution in [3.05, 3.63) is 24.2 Å². The number of rotatable bonds is 5. The molecule has 2 saturated heterocycles. The number of aliphatic hydroxyl groups is 1. The molecule has 1 aromatic heterocycles. The Morgan fingerprint density at radius 1 is 1.38 bits per heavy atom. The Morgan fingerprint density at radius 2 is 2.12 bits per heavy atom. The minimum absolute atomic E-state index is 0.0968. The SMILES string of the molecule is CN(C)C[C@]1(O)CCN(C(=O)C2CCN(Cc3ccco3)CC2)C1. The molecule has 0 aromatic carbocycles. The maximum Gasteiger partial charge on any atom is 0.225 e. The summed E-state index contributed by atoms with van der Waals surface area (Å²) in [6.07, 6.45) is 4.16. The molecule has 1 atom stereocenters. The second kappa shape index (κ2) is 7.25. The van der Waals surface area contributed by atoms with Gasteiger partial charge in [0.1, 0.15) is 5.76 Å². The topological polar surface area (TPSA) is 60.2 Å². The molecule has 0 unspecified atom stereocenters. The van der Waals surface area contributed by atoms with Crippen LogP contribution in [0.25, 0.3) is 0 Å². The lowest BCUT2D eigenvalue weighted by atomic mass is 9.95. The first kappa shape index (κ1) is 17.5. The van der Waals surface area contributed by atoms with E-state index in [2.05, 4.69) is 4.90 Å². The quantitative estimate of drug-likeness (QED) is 0.870. The average molecular weight is 335 g/mol. The van der Waals surface area contributed by atoms with E-state index >= 15 is 0 Å². The van der Waals surface area contributed by atoms with Crippen LogP contribution in [0, 0.1) is 5.92 Å². The van der Waals surface area contributed by atoms with Gasteiger partial charge in [0.2, 0.25) is 5.91 Å². The van der Waals surface area contributed by atoms with Crippen LogP contribution >= 0.6 is 0 Å². The van der Waals surface area contributed by atoms with Gasteiger partial charge in [-0.1, -0.05) is 0 Å². The summed E-state index contributed by atoms with van der Waals surface area (Å²) in [5.41, 5.74) is -0.751. The molecule has 3 rings (SSSR count). The van der Waals surface area contributed by atoms with Gasteiger partial charge in [-0.2, -0.15) is 0 Å². The van der Waals surface area contributed by atoms with Crippen LogP contribution in [-0.4, -0.2) is 78.1 Å². The molecule has 1 amide bonds. The zero-order valence-electron chi connectivity index (χ0n) is 14.8. The first-order valence-electron chi connectivity index (χ1n) is 8.86. The van der Waals surface area contributed by atoms with Gasteiger partial charge in [-0.15, -0.1) is 0 Å². The molecule has 2 aliphatic rings. The van der Waals surface area contributed by atoms with Crippen LogP contribution in [0.4, 0.5) is 0 Å². The summed E-state index contributed by atoms with van der Waals surface area (Å²) < 4.78 is 5.40. The maximum absolute atomic E-state index is 12.8. The lowest BCUT2D eigenvalue weighted by Gasteiger charge is -2.33. The third kappa shape index (κ3) is 4.18. The molecule has 1 aromatic rings. The van der Waals surface area contributed by atoms with Gasteiger partial charge in [-0.3, -0.25) is 9.69 Å². The summed E-state index contributed by atoms with van der Waals surface area (Å²) in [4.78, 5) is 19.0. The minimum atomic E-state index is -0.751. The van der Waals surface area contributed by atoms with Crippen molar-refractivity contribution < 1.29 is 14.3 Å². The molecule has 0 bridgehead atoms. The summed E-state index contributed by atoms with van der Waals surface area (Å²) in [6.45, 7) is 4.42. The fourth-order valence-corrected chi connectivity index (χ4v) is 3.98. The van der Waals surface area contributed by atoms with Gasteiger partial charge >= 0.3 is 0 Å². The molecular weight excluding hydrogens is 306 g/mol. The van der Waals surface area contributed by atoms with Crippen molar-refractivity contribution >= 4 is 5.91 Å². The molecule has 6 heteroatoms. The lowest BCUT2D eigenvalue weighted by Crippen LogP contribution is -2.46. The standard InChI is InChI=1S/C18H29N3O3/c1-19(2)13-18(23)7-10-21(14-18)17(22)15-5-8-20(9-6-15)12-16-4-3-11-24-16/h3-4,11,15,23H,5-10,12-14H2,1-2H3/t18-/m1/s1. The van der Waals surface area contributed by atoms with Gasteiger partial charge < -0.3 is 19.3 Å². The lowest BCUT2D eigenvalue weighted by molar-refractivity contribution is -0.137. The Hall–Kier alpha value is -1.37. The summed E-state index contributed by atoms with van der Waals surface area (Å²) >= 11 is 0. The molecule has 1 N–H and O–H groups in total. The number of β-amino-alcohol motifs (C(OH)–C–C–N with tert-alkyl or cyclic N) is 1. The van der Waals surface area contributed by atoms with E-state index < -0.39 is 5.60 Å². The Balaban J connectivity index is 1.47. The van der Waals surface area contributed by atoms with Gasteiger partial charge in [0.25, 0.3) is 0 Å². The van der Waals surface area contributed by atoms with Crippen LogP contribution in [0.1, 0.15) is 25.0 Å². The summed E-state index contributed by atoms with van der Waals surface area (Å²) in [5, 5.41) is 10.6. The molecule has 0 aliphatic carbocycles. The predicted octanol–water partition coefficient (Wildman–Crippen LogP) is 1.02. The van der Waals surface area contributed by atoms with Crippen LogP contribution in [0.15, 0.2) is 22.8 Å². The number of likely N-dealkylation sites (N-methyl/N-ethyl adjacent to an activating group) is 1. The van der Waals surface area contributed by atoms with Crippen LogP contribution in [0.5, 0.6) is 0 Å². The second-order valence-corrected chi connectivity index (χ2v) is 7.60. The molecule has 24 heavy (non-hydrogen) atoms. The summed E-state index contributed by atoms with van der Waals surface area (Å²) in [6, 6.07) is 3.90. The third-order valence-electron chi connectivity index (χ3n) is 5.15. The van der Waals surface area contributed by atoms with Crippen molar-refractivity contribution in [2.75, 3.05) is 46.8 Å². The van der Waals surface area contributed by atoms with Gasteiger partial charge in [0, 0.05) is 19.0 Å². The fourth-order valence-electron chi connectivity index (χ4n) is 3.98. The first-order chi connectivity index (χ1) is 11.5. The number of piperidine rings is 1. The highest BCUT2D eigenvalue weighted by Crippen LogP contribution is 2.27. The molecule has 0 radical (unpaired) electrons. The number of carbonyl (C=O) groups excluding carboxylic acids is 1. The number of hydrogen-bond donors (Lipinski definition) is 1. The van der Waals surface area contributed by atoms with E-state index in [0.29, 0.717) is 26.1 Å². The Labute approximate surface area is 144 Å². The van der Waals surface area contributed by atoms with Crippen LogP contribution < -0.4 is 0 Å². The molecule has 0 spiro atoms. The zero-order valence-corrected chi connectivity index (χ0v) is 14.8. The normalized spacial score (nSPS) is 26.4. The Bertz CT molecular complexity index is 538. The summed E-state index contributed by atoms with van der Waals surface area (Å²) in [7, 11) is 3.91. The summed E-state index contributed by atoms with van der Waals surface area (Å²) in [5.74, 6) is 1.30. The van der Waals surface area contributed by atoms with Crippen LogP contribution in [0.2, 0.25) is 0 Å². The van der Waals surface area contributed by atoms with Gasteiger partial charge in [-0.25, -0.2) is 0 Å². The molecule has 134 valence electrons. The fraction of sp³-hybridized carbons (Fsp3) is 0.722. The third-order valence-corrected chi connectivity index (χ3v) is 5.15. The monoisotopic (exact) mass is 335 g/mol. The largest absolute Gasteiger partial charge is 0.468 e. The average Bonchev–Trinajstić information content (AvgIpc) is 3.16. The van der Waals surface area contributed by atoms with E-state index in [0.717, 1.165) is 38.2 Å². The first-order valence-corrected chi connectivity index (χ1v) is 8.86. The smallest absolute Gasteiger partial charge is 0.225 e. The predicted molar refractivity (Wildman–Crippen MR) is 91.4 cm³/mol. The number of carbonyl (C=O) groups is 1. The molecule has 0 saturated carbocycles. The molecule has 3 heterocycles. The van der Waals surface area contributed by atoms with Crippen molar-refractivity contribution in [2.24, 2.45) is 5.92 Å². The highest BCUT2D eigenvalue weighted by Gasteiger charge is 2.40. The second-order valence-electron chi connectivity index (χ2n) is 7.60. The highest BCUT2D eigenvalue weighted by atomic mass is 16.3. The van der Waals surface area contributed by atoms with Gasteiger partial charge in [0.15, 0.2) is 0 Å². The van der Waals surface area contributed by atoms with Crippen LogP contribution in [0.3, 0.4) is 0 Å². The number of likely N-dealkylation sites (tertiary alicyclic amines) is 2.